The number of aromatic nitrogens is 2. The lowest BCUT2D eigenvalue weighted by atomic mass is 10.0. The van der Waals surface area contributed by atoms with Crippen molar-refractivity contribution >= 4 is 5.82 Å². The number of nitrogens with two attached hydrogens (primary N) is 1. The predicted octanol–water partition coefficient (Wildman–Crippen LogP) is 0.934. The topological polar surface area (TPSA) is 82.3 Å². The van der Waals surface area contributed by atoms with Crippen LogP contribution in [0.2, 0.25) is 0 Å². The first-order valence-electron chi connectivity index (χ1n) is 5.66. The smallest absolute Gasteiger partial charge is 0.162 e. The molecule has 0 radical (unpaired) electrons. The van der Waals surface area contributed by atoms with Gasteiger partial charge in [0.15, 0.2) is 5.82 Å². The highest BCUT2D eigenvalue weighted by Crippen LogP contribution is 2.33. The summed E-state index contributed by atoms with van der Waals surface area (Å²) in [6.07, 6.45) is 1.95. The maximum absolute atomic E-state index is 5.72. The third kappa shape index (κ3) is 2.54. The predicted molar refractivity (Wildman–Crippen MR) is 63.1 cm³/mol. The molecule has 1 aromatic rings. The summed E-state index contributed by atoms with van der Waals surface area (Å²) in [4.78, 5) is 8.83. The molecule has 1 aliphatic heterocycles. The van der Waals surface area contributed by atoms with Gasteiger partial charge in [0.25, 0.3) is 0 Å². The van der Waals surface area contributed by atoms with Crippen LogP contribution in [0.15, 0.2) is 6.07 Å². The Morgan fingerprint density at radius 1 is 1.59 bits per heavy atom. The maximum Gasteiger partial charge on any atom is 0.162 e. The second-order valence-corrected chi connectivity index (χ2v) is 4.33. The lowest BCUT2D eigenvalue weighted by molar-refractivity contribution is 0.00898. The Kier molecular flexibility index (Phi) is 3.56. The average molecular weight is 238 g/mol. The molecule has 1 fully saturated rings. The number of nitrogens with one attached hydrogen (secondary N) is 1. The molecule has 0 bridgehead atoms. The molecule has 2 heterocycles. The zero-order valence-electron chi connectivity index (χ0n) is 10.2. The monoisotopic (exact) mass is 238 g/mol. The molecule has 3 N–H and O–H groups in total. The van der Waals surface area contributed by atoms with Gasteiger partial charge in [-0.1, -0.05) is 0 Å². The zero-order valence-corrected chi connectivity index (χ0v) is 10.2. The number of ether oxygens (including phenoxy) is 2. The van der Waals surface area contributed by atoms with Crippen LogP contribution in [-0.4, -0.2) is 23.7 Å². The minimum Gasteiger partial charge on any atom is -0.378 e. The minimum absolute atomic E-state index is 0.407. The number of hydrazine groups is 1. The van der Waals surface area contributed by atoms with Crippen molar-refractivity contribution in [2.24, 2.45) is 5.84 Å². The van der Waals surface area contributed by atoms with E-state index >= 15 is 0 Å². The van der Waals surface area contributed by atoms with Crippen LogP contribution in [0.1, 0.15) is 31.3 Å². The minimum atomic E-state index is -0.407. The molecule has 0 spiro atoms. The molecule has 94 valence electrons. The highest BCUT2D eigenvalue weighted by atomic mass is 16.5. The Morgan fingerprint density at radius 3 is 3.00 bits per heavy atom. The molecular formula is C11H18N4O2. The molecule has 0 amide bonds. The van der Waals surface area contributed by atoms with Crippen LogP contribution in [0.4, 0.5) is 5.82 Å². The van der Waals surface area contributed by atoms with E-state index in [1.807, 2.05) is 6.92 Å². The van der Waals surface area contributed by atoms with Crippen molar-refractivity contribution in [3.63, 3.8) is 0 Å². The van der Waals surface area contributed by atoms with Crippen molar-refractivity contribution < 1.29 is 9.47 Å². The third-order valence-corrected chi connectivity index (χ3v) is 2.91. The van der Waals surface area contributed by atoms with Gasteiger partial charge in [0, 0.05) is 19.8 Å². The number of methoxy groups -OCH3 is 1. The standard InChI is InChI=1S/C11H18N4O2/c1-11(4-3-5-17-11)10-13-8(7-16-2)6-9(14-10)15-12/h6H,3-5,7,12H2,1-2H3,(H,13,14,15). The second-order valence-electron chi connectivity index (χ2n) is 4.33. The molecular weight excluding hydrogens is 220 g/mol. The van der Waals surface area contributed by atoms with Crippen molar-refractivity contribution in [2.45, 2.75) is 32.0 Å². The molecule has 1 aliphatic rings. The summed E-state index contributed by atoms with van der Waals surface area (Å²) in [6, 6.07) is 1.77. The van der Waals surface area contributed by atoms with Gasteiger partial charge in [-0.2, -0.15) is 0 Å². The lowest BCUT2D eigenvalue weighted by Gasteiger charge is -2.22. The largest absolute Gasteiger partial charge is 0.378 e. The van der Waals surface area contributed by atoms with Gasteiger partial charge in [0.05, 0.1) is 12.3 Å². The molecule has 1 aromatic heterocycles. The van der Waals surface area contributed by atoms with Gasteiger partial charge >= 0.3 is 0 Å². The Labute approximate surface area is 101 Å². The first-order valence-corrected chi connectivity index (χ1v) is 5.66. The van der Waals surface area contributed by atoms with E-state index in [1.54, 1.807) is 13.2 Å². The first-order chi connectivity index (χ1) is 8.18. The van der Waals surface area contributed by atoms with Crippen LogP contribution in [0.3, 0.4) is 0 Å². The number of hydrogen-bond acceptors (Lipinski definition) is 6. The molecule has 0 saturated carbocycles. The van der Waals surface area contributed by atoms with Crippen molar-refractivity contribution in [2.75, 3.05) is 19.1 Å². The number of anilines is 1. The summed E-state index contributed by atoms with van der Waals surface area (Å²) >= 11 is 0. The van der Waals surface area contributed by atoms with Gasteiger partial charge in [0.2, 0.25) is 0 Å². The third-order valence-electron chi connectivity index (χ3n) is 2.91. The fraction of sp³-hybridized carbons (Fsp3) is 0.636. The molecule has 17 heavy (non-hydrogen) atoms. The van der Waals surface area contributed by atoms with Crippen molar-refractivity contribution in [3.05, 3.63) is 17.6 Å². The van der Waals surface area contributed by atoms with Crippen LogP contribution in [0.5, 0.6) is 0 Å². The Bertz CT molecular complexity index is 391. The molecule has 0 aromatic carbocycles. The fourth-order valence-corrected chi connectivity index (χ4v) is 1.99. The molecule has 2 rings (SSSR count). The lowest BCUT2D eigenvalue weighted by Crippen LogP contribution is -2.25. The summed E-state index contributed by atoms with van der Waals surface area (Å²) in [5.41, 5.74) is 2.93. The van der Waals surface area contributed by atoms with E-state index < -0.39 is 5.60 Å². The molecule has 1 unspecified atom stereocenters. The van der Waals surface area contributed by atoms with Crippen LogP contribution in [0.25, 0.3) is 0 Å². The molecule has 0 aliphatic carbocycles. The van der Waals surface area contributed by atoms with E-state index in [4.69, 9.17) is 15.3 Å². The summed E-state index contributed by atoms with van der Waals surface area (Å²) in [5.74, 6) is 6.65. The summed E-state index contributed by atoms with van der Waals surface area (Å²) < 4.78 is 10.8. The van der Waals surface area contributed by atoms with Crippen LogP contribution in [0, 0.1) is 0 Å². The number of rotatable bonds is 4. The molecule has 6 heteroatoms. The number of nitrogens with zero attached hydrogens (tertiary/aromatic N) is 2. The normalized spacial score (nSPS) is 23.9. The van der Waals surface area contributed by atoms with E-state index in [-0.39, 0.29) is 0 Å². The quantitative estimate of drug-likeness (QED) is 0.600. The molecule has 1 atom stereocenters. The summed E-state index contributed by atoms with van der Waals surface area (Å²) in [5, 5.41) is 0. The fourth-order valence-electron chi connectivity index (χ4n) is 1.99. The van der Waals surface area contributed by atoms with Crippen LogP contribution < -0.4 is 11.3 Å². The van der Waals surface area contributed by atoms with Gasteiger partial charge in [0.1, 0.15) is 11.4 Å². The Balaban J connectivity index is 2.35. The Hall–Kier alpha value is -1.24. The molecule has 1 saturated heterocycles. The van der Waals surface area contributed by atoms with Gasteiger partial charge in [-0.05, 0) is 19.8 Å². The number of nitrogen functional groups attached to an aromatic ring is 1. The average Bonchev–Trinajstić information content (AvgIpc) is 2.77. The van der Waals surface area contributed by atoms with E-state index in [0.29, 0.717) is 18.2 Å². The SMILES string of the molecule is COCc1cc(NN)nc(C2(C)CCCO2)n1. The van der Waals surface area contributed by atoms with Crippen molar-refractivity contribution in [1.29, 1.82) is 0 Å². The highest BCUT2D eigenvalue weighted by Gasteiger charge is 2.35. The maximum atomic E-state index is 5.72. The molecule has 6 nitrogen and oxygen atoms in total. The van der Waals surface area contributed by atoms with Crippen LogP contribution in [-0.2, 0) is 21.7 Å². The van der Waals surface area contributed by atoms with Gasteiger partial charge in [-0.25, -0.2) is 15.8 Å². The van der Waals surface area contributed by atoms with Crippen molar-refractivity contribution in [3.8, 4) is 0 Å². The number of hydrogen-bond donors (Lipinski definition) is 2. The van der Waals surface area contributed by atoms with Gasteiger partial charge in [-0.15, -0.1) is 0 Å². The summed E-state index contributed by atoms with van der Waals surface area (Å²) in [6.45, 7) is 3.19. The van der Waals surface area contributed by atoms with Crippen LogP contribution >= 0.6 is 0 Å². The van der Waals surface area contributed by atoms with Gasteiger partial charge < -0.3 is 14.9 Å². The van der Waals surface area contributed by atoms with E-state index in [9.17, 15) is 0 Å². The van der Waals surface area contributed by atoms with E-state index in [1.165, 1.54) is 0 Å². The van der Waals surface area contributed by atoms with Gasteiger partial charge in [-0.3, -0.25) is 0 Å². The van der Waals surface area contributed by atoms with E-state index in [0.717, 1.165) is 25.1 Å². The highest BCUT2D eigenvalue weighted by molar-refractivity contribution is 5.35. The summed E-state index contributed by atoms with van der Waals surface area (Å²) in [7, 11) is 1.63. The second kappa shape index (κ2) is 4.95. The Morgan fingerprint density at radius 2 is 2.41 bits per heavy atom. The zero-order chi connectivity index (χ0) is 12.3. The van der Waals surface area contributed by atoms with Crippen molar-refractivity contribution in [1.82, 2.24) is 9.97 Å². The first kappa shape index (κ1) is 12.2. The van der Waals surface area contributed by atoms with E-state index in [2.05, 4.69) is 15.4 Å².